The van der Waals surface area contributed by atoms with Gasteiger partial charge in [-0.1, -0.05) is 30.3 Å². The number of fused-ring (bicyclic) bond motifs is 2. The third-order valence-corrected chi connectivity index (χ3v) is 10.1. The monoisotopic (exact) mass is 733 g/mol. The highest BCUT2D eigenvalue weighted by Crippen LogP contribution is 2.65. The summed E-state index contributed by atoms with van der Waals surface area (Å²) in [5.41, 5.74) is 0.863. The van der Waals surface area contributed by atoms with Gasteiger partial charge in [-0.2, -0.15) is 0 Å². The van der Waals surface area contributed by atoms with Crippen molar-refractivity contribution in [3.8, 4) is 0 Å². The summed E-state index contributed by atoms with van der Waals surface area (Å²) >= 11 is 13.2. The van der Waals surface area contributed by atoms with Gasteiger partial charge in [0.15, 0.2) is 0 Å². The van der Waals surface area contributed by atoms with Crippen LogP contribution < -0.4 is 21.3 Å². The van der Waals surface area contributed by atoms with E-state index in [4.69, 9.17) is 27.9 Å². The Hall–Kier alpha value is -3.64. The number of alkyl halides is 2. The molecule has 2 aliphatic carbocycles. The van der Waals surface area contributed by atoms with E-state index in [9.17, 15) is 28.8 Å². The van der Waals surface area contributed by atoms with Crippen molar-refractivity contribution < 1.29 is 33.5 Å². The van der Waals surface area contributed by atoms with Gasteiger partial charge in [0.25, 0.3) is 5.91 Å². The van der Waals surface area contributed by atoms with Gasteiger partial charge in [0.05, 0.1) is 6.04 Å². The summed E-state index contributed by atoms with van der Waals surface area (Å²) in [6.45, 7) is 14.3. The van der Waals surface area contributed by atoms with Crippen LogP contribution in [0.25, 0.3) is 0 Å². The molecule has 1 heterocycles. The van der Waals surface area contributed by atoms with Crippen LogP contribution in [0.15, 0.2) is 36.9 Å². The third-order valence-electron chi connectivity index (χ3n) is 9.04. The molecule has 1 aromatic rings. The maximum Gasteiger partial charge on any atom is 0.408 e. The summed E-state index contributed by atoms with van der Waals surface area (Å²) in [6.07, 6.45) is 2.17. The molecule has 1 saturated heterocycles. The number of nitrogens with one attached hydrogen (secondary N) is 4. The molecule has 5 atom stereocenters. The Balaban J connectivity index is 1.52. The van der Waals surface area contributed by atoms with Crippen LogP contribution in [0.2, 0.25) is 0 Å². The number of carbonyl (C=O) groups is 6. The minimum Gasteiger partial charge on any atom is -0.444 e. The first-order chi connectivity index (χ1) is 23.2. The molecule has 0 spiro atoms. The second-order valence-electron chi connectivity index (χ2n) is 15.4. The van der Waals surface area contributed by atoms with Crippen molar-refractivity contribution in [1.29, 1.82) is 0 Å². The number of likely N-dealkylation sites (tertiary alicyclic amines) is 1. The van der Waals surface area contributed by atoms with Crippen molar-refractivity contribution >= 4 is 58.7 Å². The van der Waals surface area contributed by atoms with Gasteiger partial charge in [0.2, 0.25) is 23.5 Å². The third kappa shape index (κ3) is 9.57. The normalized spacial score (nSPS) is 21.9. The summed E-state index contributed by atoms with van der Waals surface area (Å²) in [4.78, 5) is 81.3. The van der Waals surface area contributed by atoms with Gasteiger partial charge in [-0.05, 0) is 84.3 Å². The van der Waals surface area contributed by atoms with Gasteiger partial charge >= 0.3 is 6.09 Å². The summed E-state index contributed by atoms with van der Waals surface area (Å²) in [5.74, 6) is -4.72. The lowest BCUT2D eigenvalue weighted by atomic mass is 9.94. The molecule has 0 radical (unpaired) electrons. The molecule has 0 unspecified atom stereocenters. The molecule has 4 rings (SSSR count). The zero-order valence-electron chi connectivity index (χ0n) is 29.6. The van der Waals surface area contributed by atoms with Crippen molar-refractivity contribution in [2.24, 2.45) is 17.8 Å². The molecule has 14 heteroatoms. The molecular weight excluding hydrogens is 685 g/mol. The molecule has 5 amide bonds. The number of nitrogens with zero attached hydrogens (tertiary/aromatic N) is 1. The van der Waals surface area contributed by atoms with Gasteiger partial charge in [0, 0.05) is 36.9 Å². The molecule has 1 aromatic carbocycles. The van der Waals surface area contributed by atoms with E-state index in [0.717, 1.165) is 11.1 Å². The van der Waals surface area contributed by atoms with Crippen molar-refractivity contribution in [3.63, 3.8) is 0 Å². The van der Waals surface area contributed by atoms with Crippen LogP contribution in [-0.4, -0.2) is 87.1 Å². The fourth-order valence-corrected chi connectivity index (χ4v) is 7.61. The number of amides is 5. The fraction of sp³-hybridized carbons (Fsp3) is 0.611. The standard InChI is InChI=1S/C36H49Cl2N5O7/c1-8-9-14-24(29(45)31(47)39-16-15-25(44)42-34(2,3)4)40-30(46)28-26-23(36(26,37)38)19-43(28)32(48)27(41-33(49)50-35(5,6)7)22-17-20-12-10-11-13-21(20)18-22/h8,10-13,22-24,26-28H,1,9,14-19H2,2-7H3,(H,39,47)(H,40,46)(H,41,49)(H,42,44)/t23-,24-,26-,27-,28-/m0/s1. The highest BCUT2D eigenvalue weighted by Gasteiger charge is 2.74. The van der Waals surface area contributed by atoms with E-state index in [1.807, 2.05) is 45.0 Å². The second-order valence-corrected chi connectivity index (χ2v) is 16.8. The van der Waals surface area contributed by atoms with Crippen LogP contribution >= 0.6 is 23.2 Å². The zero-order chi connectivity index (χ0) is 37.2. The number of benzene rings is 1. The Labute approximate surface area is 303 Å². The molecule has 4 N–H and O–H groups in total. The zero-order valence-corrected chi connectivity index (χ0v) is 31.1. The first-order valence-corrected chi connectivity index (χ1v) is 17.8. The Morgan fingerprint density at radius 2 is 1.64 bits per heavy atom. The lowest BCUT2D eigenvalue weighted by Crippen LogP contribution is -2.60. The number of carbonyl (C=O) groups excluding carboxylic acids is 6. The van der Waals surface area contributed by atoms with E-state index in [1.165, 1.54) is 4.90 Å². The van der Waals surface area contributed by atoms with E-state index in [1.54, 1.807) is 26.8 Å². The first-order valence-electron chi connectivity index (χ1n) is 17.0. The average Bonchev–Trinajstić information content (AvgIpc) is 3.36. The fourth-order valence-electron chi connectivity index (χ4n) is 6.78. The van der Waals surface area contributed by atoms with Crippen molar-refractivity contribution in [3.05, 3.63) is 48.0 Å². The Morgan fingerprint density at radius 3 is 2.20 bits per heavy atom. The first kappa shape index (κ1) is 39.2. The Kier molecular flexibility index (Phi) is 12.0. The molecule has 0 bridgehead atoms. The number of hydrogen-bond acceptors (Lipinski definition) is 7. The minimum atomic E-state index is -1.28. The van der Waals surface area contributed by atoms with Crippen molar-refractivity contribution in [1.82, 2.24) is 26.2 Å². The van der Waals surface area contributed by atoms with E-state index in [-0.39, 0.29) is 37.8 Å². The van der Waals surface area contributed by atoms with Crippen LogP contribution in [-0.2, 0) is 41.6 Å². The summed E-state index contributed by atoms with van der Waals surface area (Å²) in [7, 11) is 0. The van der Waals surface area contributed by atoms with Crippen molar-refractivity contribution in [2.75, 3.05) is 13.1 Å². The molecule has 1 aliphatic heterocycles. The molecule has 1 saturated carbocycles. The van der Waals surface area contributed by atoms with Crippen LogP contribution in [0.3, 0.4) is 0 Å². The maximum atomic E-state index is 14.4. The summed E-state index contributed by atoms with van der Waals surface area (Å²) < 4.78 is 4.23. The predicted molar refractivity (Wildman–Crippen MR) is 189 cm³/mol. The second kappa shape index (κ2) is 15.3. The Bertz CT molecular complexity index is 1490. The molecular formula is C36H49Cl2N5O7. The van der Waals surface area contributed by atoms with Gasteiger partial charge in [0.1, 0.15) is 22.0 Å². The average molecular weight is 735 g/mol. The SMILES string of the molecule is C=CCC[C@H](NC(=O)[C@@H]1[C@@H]2[C@H](CN1C(=O)[C@@H](NC(=O)OC(C)(C)C)C1Cc3ccccc3C1)C2(Cl)Cl)C(=O)C(=O)NCCC(=O)NC(C)(C)C. The topological polar surface area (TPSA) is 163 Å². The van der Waals surface area contributed by atoms with Crippen molar-refractivity contribution in [2.45, 2.75) is 107 Å². The van der Waals surface area contributed by atoms with Gasteiger partial charge in [-0.25, -0.2) is 4.79 Å². The Morgan fingerprint density at radius 1 is 1.02 bits per heavy atom. The number of piperidine rings is 1. The number of ether oxygens (including phenoxy) is 1. The number of Topliss-reactive ketones (excluding diaryl/α,β-unsaturated/α-hetero) is 1. The van der Waals surface area contributed by atoms with Gasteiger partial charge in [-0.15, -0.1) is 29.8 Å². The number of alkyl carbamates (subject to hydrolysis) is 1. The number of ketones is 1. The molecule has 12 nitrogen and oxygen atoms in total. The highest BCUT2D eigenvalue weighted by molar-refractivity contribution is 6.51. The summed E-state index contributed by atoms with van der Waals surface area (Å²) in [5, 5.41) is 10.7. The van der Waals surface area contributed by atoms with Gasteiger partial charge < -0.3 is 30.9 Å². The van der Waals surface area contributed by atoms with Gasteiger partial charge in [-0.3, -0.25) is 24.0 Å². The van der Waals surface area contributed by atoms with Crippen LogP contribution in [0.5, 0.6) is 0 Å². The highest BCUT2D eigenvalue weighted by atomic mass is 35.5. The number of halogens is 2. The van der Waals surface area contributed by atoms with Crippen LogP contribution in [0, 0.1) is 17.8 Å². The molecule has 2 fully saturated rings. The van der Waals surface area contributed by atoms with E-state index in [2.05, 4.69) is 27.8 Å². The number of hydrogen-bond donors (Lipinski definition) is 4. The summed E-state index contributed by atoms with van der Waals surface area (Å²) in [6, 6.07) is 4.35. The predicted octanol–water partition coefficient (Wildman–Crippen LogP) is 3.37. The van der Waals surface area contributed by atoms with Crippen LogP contribution in [0.4, 0.5) is 4.79 Å². The molecule has 274 valence electrons. The maximum absolute atomic E-state index is 14.4. The molecule has 50 heavy (non-hydrogen) atoms. The lowest BCUT2D eigenvalue weighted by Gasteiger charge is -2.35. The molecule has 3 aliphatic rings. The smallest absolute Gasteiger partial charge is 0.408 e. The van der Waals surface area contributed by atoms with E-state index < -0.39 is 75.0 Å². The minimum absolute atomic E-state index is 0.0414. The molecule has 0 aromatic heterocycles. The lowest BCUT2D eigenvalue weighted by molar-refractivity contribution is -0.144. The largest absolute Gasteiger partial charge is 0.444 e. The number of rotatable bonds is 13. The van der Waals surface area contributed by atoms with Crippen LogP contribution in [0.1, 0.15) is 71.9 Å². The van der Waals surface area contributed by atoms with E-state index in [0.29, 0.717) is 19.3 Å². The van der Waals surface area contributed by atoms with E-state index >= 15 is 0 Å². The quantitative estimate of drug-likeness (QED) is 0.137. The number of allylic oxidation sites excluding steroid dienone is 1.